The average Bonchev–Trinajstić information content (AvgIpc) is 2.32. The summed E-state index contributed by atoms with van der Waals surface area (Å²) in [6, 6.07) is 13.0. The zero-order valence-electron chi connectivity index (χ0n) is 9.11. The third kappa shape index (κ3) is 2.58. The van der Waals surface area contributed by atoms with Gasteiger partial charge in [0.15, 0.2) is 0 Å². The SMILES string of the molecule is C=C[Si]1(Cc2ccccc2)CCCCO1. The summed E-state index contributed by atoms with van der Waals surface area (Å²) < 4.78 is 6.04. The minimum Gasteiger partial charge on any atom is -0.413 e. The Balaban J connectivity index is 2.10. The van der Waals surface area contributed by atoms with E-state index in [2.05, 4.69) is 42.6 Å². The fourth-order valence-corrected chi connectivity index (χ4v) is 5.40. The van der Waals surface area contributed by atoms with Crippen molar-refractivity contribution in [3.8, 4) is 0 Å². The third-order valence-corrected chi connectivity index (χ3v) is 6.83. The van der Waals surface area contributed by atoms with Gasteiger partial charge in [-0.05, 0) is 24.1 Å². The van der Waals surface area contributed by atoms with Gasteiger partial charge in [0, 0.05) is 6.61 Å². The van der Waals surface area contributed by atoms with Crippen LogP contribution in [-0.4, -0.2) is 14.9 Å². The van der Waals surface area contributed by atoms with Crippen molar-refractivity contribution in [3.05, 3.63) is 48.2 Å². The normalized spacial score (nSPS) is 26.1. The Kier molecular flexibility index (Phi) is 3.39. The minimum absolute atomic E-state index is 0.936. The second kappa shape index (κ2) is 4.77. The fraction of sp³-hybridized carbons (Fsp3) is 0.385. The molecule has 0 saturated carbocycles. The van der Waals surface area contributed by atoms with Crippen molar-refractivity contribution in [3.63, 3.8) is 0 Å². The largest absolute Gasteiger partial charge is 0.413 e. The van der Waals surface area contributed by atoms with Crippen LogP contribution in [0.3, 0.4) is 0 Å². The van der Waals surface area contributed by atoms with Crippen LogP contribution in [0.25, 0.3) is 0 Å². The summed E-state index contributed by atoms with van der Waals surface area (Å²) in [6.07, 6.45) is 2.53. The van der Waals surface area contributed by atoms with E-state index in [1.165, 1.54) is 24.4 Å². The zero-order chi connectivity index (χ0) is 10.6. The molecule has 0 amide bonds. The van der Waals surface area contributed by atoms with Crippen molar-refractivity contribution in [2.75, 3.05) is 6.61 Å². The molecule has 1 aliphatic heterocycles. The Hall–Kier alpha value is -0.863. The van der Waals surface area contributed by atoms with Crippen molar-refractivity contribution < 1.29 is 4.43 Å². The van der Waals surface area contributed by atoms with Crippen LogP contribution in [0.4, 0.5) is 0 Å². The van der Waals surface area contributed by atoms with Crippen LogP contribution in [0.1, 0.15) is 18.4 Å². The molecular weight excluding hydrogens is 200 g/mol. The molecule has 2 rings (SSSR count). The van der Waals surface area contributed by atoms with E-state index in [4.69, 9.17) is 4.43 Å². The van der Waals surface area contributed by atoms with Gasteiger partial charge in [0.1, 0.15) is 0 Å². The lowest BCUT2D eigenvalue weighted by Gasteiger charge is -2.32. The van der Waals surface area contributed by atoms with Gasteiger partial charge in [-0.2, -0.15) is 0 Å². The fourth-order valence-electron chi connectivity index (χ4n) is 2.19. The smallest absolute Gasteiger partial charge is 0.220 e. The van der Waals surface area contributed by atoms with Crippen molar-refractivity contribution in [2.24, 2.45) is 0 Å². The molecule has 1 fully saturated rings. The molecule has 15 heavy (non-hydrogen) atoms. The number of benzene rings is 1. The van der Waals surface area contributed by atoms with E-state index in [-0.39, 0.29) is 0 Å². The van der Waals surface area contributed by atoms with Crippen LogP contribution in [0, 0.1) is 0 Å². The Bertz CT molecular complexity index is 315. The minimum atomic E-state index is -1.63. The lowest BCUT2D eigenvalue weighted by Crippen LogP contribution is -2.42. The van der Waals surface area contributed by atoms with Gasteiger partial charge in [0.05, 0.1) is 0 Å². The Morgan fingerprint density at radius 1 is 1.27 bits per heavy atom. The van der Waals surface area contributed by atoms with E-state index < -0.39 is 8.32 Å². The summed E-state index contributed by atoms with van der Waals surface area (Å²) in [5.41, 5.74) is 3.52. The first-order chi connectivity index (χ1) is 7.35. The predicted octanol–water partition coefficient (Wildman–Crippen LogP) is 3.25. The lowest BCUT2D eigenvalue weighted by atomic mass is 10.2. The van der Waals surface area contributed by atoms with Crippen molar-refractivity contribution in [1.29, 1.82) is 0 Å². The van der Waals surface area contributed by atoms with Crippen LogP contribution in [0.15, 0.2) is 42.6 Å². The van der Waals surface area contributed by atoms with Crippen LogP contribution in [0.2, 0.25) is 6.04 Å². The number of hydrogen-bond donors (Lipinski definition) is 0. The van der Waals surface area contributed by atoms with Crippen molar-refractivity contribution in [2.45, 2.75) is 24.9 Å². The highest BCUT2D eigenvalue weighted by atomic mass is 28.4. The molecule has 1 aliphatic rings. The van der Waals surface area contributed by atoms with E-state index in [9.17, 15) is 0 Å². The number of rotatable bonds is 3. The maximum absolute atomic E-state index is 6.04. The standard InChI is InChI=1S/C13H18OSi/c1-2-15(11-7-6-10-14-15)12-13-8-4-3-5-9-13/h2-5,8-9H,1,6-7,10-12H2. The van der Waals surface area contributed by atoms with Crippen molar-refractivity contribution >= 4 is 8.32 Å². The molecule has 0 spiro atoms. The molecule has 1 nitrogen and oxygen atoms in total. The molecule has 0 N–H and O–H groups in total. The predicted molar refractivity (Wildman–Crippen MR) is 66.1 cm³/mol. The Labute approximate surface area is 92.9 Å². The molecule has 1 unspecified atom stereocenters. The number of hydrogen-bond acceptors (Lipinski definition) is 1. The third-order valence-electron chi connectivity index (χ3n) is 3.10. The van der Waals surface area contributed by atoms with E-state index >= 15 is 0 Å². The summed E-state index contributed by atoms with van der Waals surface area (Å²) in [4.78, 5) is 0. The first-order valence-electron chi connectivity index (χ1n) is 5.66. The van der Waals surface area contributed by atoms with Gasteiger partial charge in [-0.15, -0.1) is 6.58 Å². The van der Waals surface area contributed by atoms with Crippen molar-refractivity contribution in [1.82, 2.24) is 0 Å². The topological polar surface area (TPSA) is 9.23 Å². The monoisotopic (exact) mass is 218 g/mol. The molecule has 80 valence electrons. The molecule has 1 saturated heterocycles. The molecule has 0 aliphatic carbocycles. The van der Waals surface area contributed by atoms with Gasteiger partial charge in [-0.25, -0.2) is 0 Å². The highest BCUT2D eigenvalue weighted by molar-refractivity contribution is 6.78. The molecule has 1 heterocycles. The first-order valence-corrected chi connectivity index (χ1v) is 8.06. The lowest BCUT2D eigenvalue weighted by molar-refractivity contribution is 0.273. The summed E-state index contributed by atoms with van der Waals surface area (Å²) in [5.74, 6) is 0. The van der Waals surface area contributed by atoms with Gasteiger partial charge in [0.25, 0.3) is 0 Å². The molecule has 1 aromatic carbocycles. The first kappa shape index (κ1) is 10.6. The van der Waals surface area contributed by atoms with Crippen LogP contribution < -0.4 is 0 Å². The van der Waals surface area contributed by atoms with Gasteiger partial charge in [-0.3, -0.25) is 0 Å². The van der Waals surface area contributed by atoms with Crippen LogP contribution in [0.5, 0.6) is 0 Å². The average molecular weight is 218 g/mol. The summed E-state index contributed by atoms with van der Waals surface area (Å²) in [5, 5.41) is 0. The Morgan fingerprint density at radius 3 is 2.67 bits per heavy atom. The van der Waals surface area contributed by atoms with E-state index in [0.717, 1.165) is 12.7 Å². The summed E-state index contributed by atoms with van der Waals surface area (Å²) >= 11 is 0. The van der Waals surface area contributed by atoms with Gasteiger partial charge < -0.3 is 4.43 Å². The van der Waals surface area contributed by atoms with Gasteiger partial charge in [-0.1, -0.05) is 42.5 Å². The second-order valence-electron chi connectivity index (χ2n) is 4.24. The molecule has 1 aromatic rings. The highest BCUT2D eigenvalue weighted by Crippen LogP contribution is 2.26. The van der Waals surface area contributed by atoms with Crippen LogP contribution in [-0.2, 0) is 10.5 Å². The molecule has 2 heteroatoms. The van der Waals surface area contributed by atoms with E-state index in [1.807, 2.05) is 0 Å². The molecule has 0 bridgehead atoms. The Morgan fingerprint density at radius 2 is 2.07 bits per heavy atom. The highest BCUT2D eigenvalue weighted by Gasteiger charge is 2.33. The zero-order valence-corrected chi connectivity index (χ0v) is 10.1. The maximum Gasteiger partial charge on any atom is 0.220 e. The molecule has 1 atom stereocenters. The quantitative estimate of drug-likeness (QED) is 0.708. The maximum atomic E-state index is 6.04. The van der Waals surface area contributed by atoms with E-state index in [0.29, 0.717) is 0 Å². The molecule has 0 aromatic heterocycles. The van der Waals surface area contributed by atoms with Gasteiger partial charge in [0.2, 0.25) is 8.32 Å². The second-order valence-corrected chi connectivity index (χ2v) is 7.92. The summed E-state index contributed by atoms with van der Waals surface area (Å²) in [6.45, 7) is 4.93. The molecular formula is C13H18OSi. The molecule has 0 radical (unpaired) electrons. The van der Waals surface area contributed by atoms with E-state index in [1.54, 1.807) is 0 Å². The van der Waals surface area contributed by atoms with Crippen LogP contribution >= 0.6 is 0 Å². The summed E-state index contributed by atoms with van der Waals surface area (Å²) in [7, 11) is -1.63. The van der Waals surface area contributed by atoms with Gasteiger partial charge >= 0.3 is 0 Å².